The third kappa shape index (κ3) is 7.08. The Labute approximate surface area is 203 Å². The van der Waals surface area contributed by atoms with Crippen molar-refractivity contribution < 1.29 is 19.1 Å². The van der Waals surface area contributed by atoms with E-state index in [0.29, 0.717) is 44.8 Å². The van der Waals surface area contributed by atoms with Gasteiger partial charge in [0.15, 0.2) is 0 Å². The van der Waals surface area contributed by atoms with Crippen molar-refractivity contribution in [2.24, 2.45) is 5.92 Å². The molecule has 8 nitrogen and oxygen atoms in total. The summed E-state index contributed by atoms with van der Waals surface area (Å²) in [6.45, 7) is 11.0. The summed E-state index contributed by atoms with van der Waals surface area (Å²) in [6, 6.07) is 0. The van der Waals surface area contributed by atoms with Crippen molar-refractivity contribution in [2.45, 2.75) is 72.1 Å². The lowest BCUT2D eigenvalue weighted by Crippen LogP contribution is -2.46. The minimum Gasteiger partial charge on any atom is -0.461 e. The van der Waals surface area contributed by atoms with Crippen LogP contribution in [0.4, 0.5) is 0 Å². The summed E-state index contributed by atoms with van der Waals surface area (Å²) in [6.07, 6.45) is 7.73. The summed E-state index contributed by atoms with van der Waals surface area (Å²) in [4.78, 5) is 45.2. The fraction of sp³-hybridized carbons (Fsp3) is 0.731. The minimum absolute atomic E-state index is 0.0692. The predicted octanol–water partition coefficient (Wildman–Crippen LogP) is 2.97. The molecular weight excluding hydrogens is 432 g/mol. The van der Waals surface area contributed by atoms with E-state index in [1.165, 1.54) is 25.7 Å². The first-order valence-electron chi connectivity index (χ1n) is 13.0. The molecule has 3 rings (SSSR count). The molecule has 1 aromatic heterocycles. The topological polar surface area (TPSA) is 94.7 Å². The molecule has 2 amide bonds. The van der Waals surface area contributed by atoms with Crippen LogP contribution >= 0.6 is 0 Å². The smallest absolute Gasteiger partial charge is 0.355 e. The first kappa shape index (κ1) is 26.3. The fourth-order valence-corrected chi connectivity index (χ4v) is 5.22. The SMILES string of the molecule is CCOC(=O)c1[nH]c(C)c(CCC(=O)N2CCC[C@@H](C(=O)NCCN3CCCCCC3)C2)c1C. The average Bonchev–Trinajstić information content (AvgIpc) is 2.99. The highest BCUT2D eigenvalue weighted by Gasteiger charge is 2.28. The highest BCUT2D eigenvalue weighted by molar-refractivity contribution is 5.90. The quantitative estimate of drug-likeness (QED) is 0.537. The van der Waals surface area contributed by atoms with Gasteiger partial charge in [-0.1, -0.05) is 12.8 Å². The van der Waals surface area contributed by atoms with E-state index in [-0.39, 0.29) is 23.7 Å². The molecule has 0 bridgehead atoms. The highest BCUT2D eigenvalue weighted by atomic mass is 16.5. The lowest BCUT2D eigenvalue weighted by atomic mass is 9.96. The van der Waals surface area contributed by atoms with Gasteiger partial charge in [0.2, 0.25) is 11.8 Å². The van der Waals surface area contributed by atoms with Crippen molar-refractivity contribution in [1.82, 2.24) is 20.1 Å². The number of carbonyl (C=O) groups is 3. The number of likely N-dealkylation sites (tertiary alicyclic amines) is 2. The maximum atomic E-state index is 12.9. The van der Waals surface area contributed by atoms with Crippen molar-refractivity contribution in [3.63, 3.8) is 0 Å². The van der Waals surface area contributed by atoms with Gasteiger partial charge in [-0.15, -0.1) is 0 Å². The van der Waals surface area contributed by atoms with Crippen LogP contribution in [-0.2, 0) is 20.7 Å². The molecule has 2 N–H and O–H groups in total. The first-order valence-corrected chi connectivity index (χ1v) is 13.0. The second-order valence-electron chi connectivity index (χ2n) is 9.67. The van der Waals surface area contributed by atoms with Crippen molar-refractivity contribution in [3.05, 3.63) is 22.5 Å². The Morgan fingerprint density at radius 2 is 1.79 bits per heavy atom. The normalized spacial score (nSPS) is 19.5. The number of piperidine rings is 1. The number of esters is 1. The van der Waals surface area contributed by atoms with Crippen molar-refractivity contribution in [1.29, 1.82) is 0 Å². The maximum Gasteiger partial charge on any atom is 0.355 e. The van der Waals surface area contributed by atoms with Crippen LogP contribution < -0.4 is 5.32 Å². The Kier molecular flexibility index (Phi) is 9.99. The van der Waals surface area contributed by atoms with Crippen molar-refractivity contribution in [2.75, 3.05) is 45.9 Å². The molecule has 190 valence electrons. The van der Waals surface area contributed by atoms with Crippen LogP contribution in [-0.4, -0.2) is 78.4 Å². The lowest BCUT2D eigenvalue weighted by molar-refractivity contribution is -0.135. The van der Waals surface area contributed by atoms with Crippen molar-refractivity contribution in [3.8, 4) is 0 Å². The molecule has 1 atom stereocenters. The number of carbonyl (C=O) groups excluding carboxylic acids is 3. The Morgan fingerprint density at radius 3 is 2.50 bits per heavy atom. The van der Waals surface area contributed by atoms with Gasteiger partial charge in [0.25, 0.3) is 0 Å². The second kappa shape index (κ2) is 12.9. The monoisotopic (exact) mass is 474 g/mol. The lowest BCUT2D eigenvalue weighted by Gasteiger charge is -2.32. The van der Waals surface area contributed by atoms with E-state index in [0.717, 1.165) is 49.3 Å². The molecule has 2 aliphatic heterocycles. The summed E-state index contributed by atoms with van der Waals surface area (Å²) in [5.41, 5.74) is 3.21. The summed E-state index contributed by atoms with van der Waals surface area (Å²) in [5.74, 6) is -0.349. The van der Waals surface area contributed by atoms with E-state index in [9.17, 15) is 14.4 Å². The van der Waals surface area contributed by atoms with E-state index in [1.807, 2.05) is 18.7 Å². The summed E-state index contributed by atoms with van der Waals surface area (Å²) < 4.78 is 5.11. The minimum atomic E-state index is -0.360. The van der Waals surface area contributed by atoms with Gasteiger partial charge in [0.1, 0.15) is 5.69 Å². The maximum absolute atomic E-state index is 12.9. The Bertz CT molecular complexity index is 842. The zero-order valence-corrected chi connectivity index (χ0v) is 21.2. The van der Waals surface area contributed by atoms with Crippen LogP contribution in [0, 0.1) is 19.8 Å². The van der Waals surface area contributed by atoms with E-state index in [4.69, 9.17) is 4.74 Å². The van der Waals surface area contributed by atoms with Gasteiger partial charge in [-0.25, -0.2) is 4.79 Å². The van der Waals surface area contributed by atoms with Gasteiger partial charge < -0.3 is 24.8 Å². The van der Waals surface area contributed by atoms with Gasteiger partial charge in [-0.3, -0.25) is 9.59 Å². The number of amides is 2. The molecule has 1 aromatic rings. The Hall–Kier alpha value is -2.35. The molecule has 0 unspecified atom stereocenters. The van der Waals surface area contributed by atoms with E-state index in [2.05, 4.69) is 15.2 Å². The molecule has 0 radical (unpaired) electrons. The number of aryl methyl sites for hydroxylation is 1. The summed E-state index contributed by atoms with van der Waals surface area (Å²) >= 11 is 0. The van der Waals surface area contributed by atoms with Gasteiger partial charge in [0.05, 0.1) is 12.5 Å². The second-order valence-corrected chi connectivity index (χ2v) is 9.67. The zero-order chi connectivity index (χ0) is 24.5. The van der Waals surface area contributed by atoms with Crippen LogP contribution in [0.3, 0.4) is 0 Å². The van der Waals surface area contributed by atoms with Crippen LogP contribution in [0.5, 0.6) is 0 Å². The van der Waals surface area contributed by atoms with Crippen molar-refractivity contribution >= 4 is 17.8 Å². The predicted molar refractivity (Wildman–Crippen MR) is 132 cm³/mol. The molecule has 34 heavy (non-hydrogen) atoms. The van der Waals surface area contributed by atoms with Crippen LogP contribution in [0.25, 0.3) is 0 Å². The number of ether oxygens (including phenoxy) is 1. The van der Waals surface area contributed by atoms with E-state index >= 15 is 0 Å². The van der Waals surface area contributed by atoms with E-state index < -0.39 is 0 Å². The Morgan fingerprint density at radius 1 is 1.06 bits per heavy atom. The van der Waals surface area contributed by atoms with Gasteiger partial charge in [0, 0.05) is 38.3 Å². The number of hydrogen-bond acceptors (Lipinski definition) is 5. The molecule has 2 saturated heterocycles. The van der Waals surface area contributed by atoms with E-state index in [1.54, 1.807) is 6.92 Å². The van der Waals surface area contributed by atoms with Gasteiger partial charge in [-0.2, -0.15) is 0 Å². The molecule has 0 spiro atoms. The first-order chi connectivity index (χ1) is 16.4. The highest BCUT2D eigenvalue weighted by Crippen LogP contribution is 2.22. The molecule has 8 heteroatoms. The van der Waals surface area contributed by atoms with Crippen LogP contribution in [0.1, 0.15) is 79.2 Å². The fourth-order valence-electron chi connectivity index (χ4n) is 5.22. The van der Waals surface area contributed by atoms with Crippen LogP contribution in [0.2, 0.25) is 0 Å². The van der Waals surface area contributed by atoms with Crippen LogP contribution in [0.15, 0.2) is 0 Å². The molecule has 0 aliphatic carbocycles. The Balaban J connectivity index is 1.46. The summed E-state index contributed by atoms with van der Waals surface area (Å²) in [5, 5.41) is 3.11. The number of aromatic nitrogens is 1. The largest absolute Gasteiger partial charge is 0.461 e. The summed E-state index contributed by atoms with van der Waals surface area (Å²) in [7, 11) is 0. The number of hydrogen-bond donors (Lipinski definition) is 2. The third-order valence-electron chi connectivity index (χ3n) is 7.23. The molecule has 3 heterocycles. The molecule has 0 saturated carbocycles. The number of aromatic amines is 1. The zero-order valence-electron chi connectivity index (χ0n) is 21.2. The third-order valence-corrected chi connectivity index (χ3v) is 7.23. The average molecular weight is 475 g/mol. The van der Waals surface area contributed by atoms with Gasteiger partial charge >= 0.3 is 5.97 Å². The number of nitrogens with zero attached hydrogens (tertiary/aromatic N) is 2. The molecular formula is C26H42N4O4. The number of rotatable bonds is 9. The number of nitrogens with one attached hydrogen (secondary N) is 2. The molecule has 2 aliphatic rings. The van der Waals surface area contributed by atoms with Gasteiger partial charge in [-0.05, 0) is 77.1 Å². The molecule has 0 aromatic carbocycles. The molecule has 2 fully saturated rings. The number of H-pyrrole nitrogens is 1. The standard InChI is InChI=1S/C26H42N4O4/c1-4-34-26(33)24-19(2)22(20(3)28-24)11-12-23(31)30-16-9-10-21(18-30)25(32)27-13-17-29-14-7-5-6-8-15-29/h21,28H,4-18H2,1-3H3,(H,27,32)/t21-/m1/s1.